The summed E-state index contributed by atoms with van der Waals surface area (Å²) in [6, 6.07) is 7.31. The highest BCUT2D eigenvalue weighted by Gasteiger charge is 2.29. The SMILES string of the molecule is O=C(COc1ccc(Br)cc1)NCC1(O)CCCCC1. The molecule has 0 aromatic heterocycles. The molecule has 2 N–H and O–H groups in total. The van der Waals surface area contributed by atoms with Crippen LogP contribution < -0.4 is 10.1 Å². The first-order valence-electron chi connectivity index (χ1n) is 6.95. The third-order valence-electron chi connectivity index (χ3n) is 3.58. The van der Waals surface area contributed by atoms with E-state index in [9.17, 15) is 9.90 Å². The molecule has 0 atom stereocenters. The predicted octanol–water partition coefficient (Wildman–Crippen LogP) is 2.64. The molecule has 1 amide bonds. The van der Waals surface area contributed by atoms with E-state index in [1.807, 2.05) is 12.1 Å². The minimum atomic E-state index is -0.731. The molecule has 0 heterocycles. The van der Waals surface area contributed by atoms with Gasteiger partial charge in [-0.05, 0) is 37.1 Å². The maximum atomic E-state index is 11.7. The standard InChI is InChI=1S/C15H20BrNO3/c16-12-4-6-13(7-5-12)20-10-14(18)17-11-15(19)8-2-1-3-9-15/h4-7,19H,1-3,8-11H2,(H,17,18). The second kappa shape index (κ2) is 7.09. The Labute approximate surface area is 127 Å². The molecule has 2 rings (SSSR count). The summed E-state index contributed by atoms with van der Waals surface area (Å²) in [5.41, 5.74) is -0.731. The van der Waals surface area contributed by atoms with Gasteiger partial charge >= 0.3 is 0 Å². The molecule has 0 spiro atoms. The molecule has 4 nitrogen and oxygen atoms in total. The van der Waals surface area contributed by atoms with Gasteiger partial charge in [-0.2, -0.15) is 0 Å². The van der Waals surface area contributed by atoms with Gasteiger partial charge in [0.1, 0.15) is 5.75 Å². The largest absolute Gasteiger partial charge is 0.484 e. The predicted molar refractivity (Wildman–Crippen MR) is 80.7 cm³/mol. The van der Waals surface area contributed by atoms with E-state index < -0.39 is 5.60 Å². The molecule has 0 saturated heterocycles. The van der Waals surface area contributed by atoms with Crippen molar-refractivity contribution in [3.8, 4) is 5.75 Å². The van der Waals surface area contributed by atoms with Crippen LogP contribution in [0.4, 0.5) is 0 Å². The fourth-order valence-corrected chi connectivity index (χ4v) is 2.64. The van der Waals surface area contributed by atoms with Crippen LogP contribution in [0.1, 0.15) is 32.1 Å². The summed E-state index contributed by atoms with van der Waals surface area (Å²) in [4.78, 5) is 11.7. The molecular weight excluding hydrogens is 322 g/mol. The van der Waals surface area contributed by atoms with E-state index in [2.05, 4.69) is 21.2 Å². The quantitative estimate of drug-likeness (QED) is 0.865. The third-order valence-corrected chi connectivity index (χ3v) is 4.11. The number of amides is 1. The van der Waals surface area contributed by atoms with E-state index in [-0.39, 0.29) is 12.5 Å². The van der Waals surface area contributed by atoms with Crippen LogP contribution in [0.25, 0.3) is 0 Å². The zero-order valence-corrected chi connectivity index (χ0v) is 13.0. The summed E-state index contributed by atoms with van der Waals surface area (Å²) >= 11 is 3.34. The van der Waals surface area contributed by atoms with Gasteiger partial charge in [0.2, 0.25) is 0 Å². The molecule has 1 aliphatic rings. The number of hydrogen-bond acceptors (Lipinski definition) is 3. The van der Waals surface area contributed by atoms with Crippen molar-refractivity contribution in [3.63, 3.8) is 0 Å². The average molecular weight is 342 g/mol. The summed E-state index contributed by atoms with van der Waals surface area (Å²) in [5, 5.41) is 13.0. The lowest BCUT2D eigenvalue weighted by Gasteiger charge is -2.32. The molecule has 1 saturated carbocycles. The van der Waals surface area contributed by atoms with Crippen molar-refractivity contribution >= 4 is 21.8 Å². The molecule has 1 fully saturated rings. The van der Waals surface area contributed by atoms with E-state index in [4.69, 9.17) is 4.74 Å². The highest BCUT2D eigenvalue weighted by molar-refractivity contribution is 9.10. The molecule has 0 radical (unpaired) electrons. The van der Waals surface area contributed by atoms with Crippen LogP contribution in [0, 0.1) is 0 Å². The topological polar surface area (TPSA) is 58.6 Å². The van der Waals surface area contributed by atoms with Crippen molar-refractivity contribution in [1.82, 2.24) is 5.32 Å². The zero-order valence-electron chi connectivity index (χ0n) is 11.4. The maximum absolute atomic E-state index is 11.7. The normalized spacial score (nSPS) is 17.5. The van der Waals surface area contributed by atoms with Gasteiger partial charge in [-0.1, -0.05) is 35.2 Å². The second-order valence-corrected chi connectivity index (χ2v) is 6.22. The van der Waals surface area contributed by atoms with Gasteiger partial charge in [0.15, 0.2) is 6.61 Å². The average Bonchev–Trinajstić information content (AvgIpc) is 2.45. The van der Waals surface area contributed by atoms with Crippen LogP contribution in [0.15, 0.2) is 28.7 Å². The van der Waals surface area contributed by atoms with Gasteiger partial charge in [0.05, 0.1) is 5.60 Å². The summed E-state index contributed by atoms with van der Waals surface area (Å²) < 4.78 is 6.35. The van der Waals surface area contributed by atoms with E-state index >= 15 is 0 Å². The number of nitrogens with one attached hydrogen (secondary N) is 1. The Bertz CT molecular complexity index is 441. The Morgan fingerprint density at radius 3 is 2.55 bits per heavy atom. The molecule has 1 aromatic rings. The van der Waals surface area contributed by atoms with Gasteiger partial charge in [-0.15, -0.1) is 0 Å². The molecule has 20 heavy (non-hydrogen) atoms. The third kappa shape index (κ3) is 4.80. The van der Waals surface area contributed by atoms with Crippen LogP contribution in [0.2, 0.25) is 0 Å². The molecule has 0 bridgehead atoms. The number of carbonyl (C=O) groups excluding carboxylic acids is 1. The lowest BCUT2D eigenvalue weighted by molar-refractivity contribution is -0.124. The summed E-state index contributed by atoms with van der Waals surface area (Å²) in [5.74, 6) is 0.451. The van der Waals surface area contributed by atoms with Crippen LogP contribution in [0.3, 0.4) is 0 Å². The Morgan fingerprint density at radius 1 is 1.25 bits per heavy atom. The van der Waals surface area contributed by atoms with Crippen molar-refractivity contribution in [2.24, 2.45) is 0 Å². The van der Waals surface area contributed by atoms with E-state index in [1.165, 1.54) is 6.42 Å². The molecule has 1 aliphatic carbocycles. The van der Waals surface area contributed by atoms with Gasteiger partial charge in [-0.25, -0.2) is 0 Å². The Kier molecular flexibility index (Phi) is 5.43. The van der Waals surface area contributed by atoms with Crippen molar-refractivity contribution in [2.75, 3.05) is 13.2 Å². The second-order valence-electron chi connectivity index (χ2n) is 5.30. The summed E-state index contributed by atoms with van der Waals surface area (Å²) in [6.07, 6.45) is 4.76. The van der Waals surface area contributed by atoms with Crippen molar-refractivity contribution in [3.05, 3.63) is 28.7 Å². The van der Waals surface area contributed by atoms with Gasteiger partial charge < -0.3 is 15.2 Å². The molecule has 0 aliphatic heterocycles. The van der Waals surface area contributed by atoms with E-state index in [0.29, 0.717) is 12.3 Å². The maximum Gasteiger partial charge on any atom is 0.258 e. The molecule has 1 aromatic carbocycles. The Hall–Kier alpha value is -1.07. The van der Waals surface area contributed by atoms with E-state index in [0.717, 1.165) is 30.2 Å². The van der Waals surface area contributed by atoms with Crippen LogP contribution >= 0.6 is 15.9 Å². The molecule has 5 heteroatoms. The first-order valence-corrected chi connectivity index (χ1v) is 7.74. The first-order chi connectivity index (χ1) is 9.57. The number of benzene rings is 1. The molecule has 0 unspecified atom stereocenters. The number of aliphatic hydroxyl groups is 1. The molecular formula is C15H20BrNO3. The number of ether oxygens (including phenoxy) is 1. The van der Waals surface area contributed by atoms with Gasteiger partial charge in [0.25, 0.3) is 5.91 Å². The fourth-order valence-electron chi connectivity index (χ4n) is 2.38. The van der Waals surface area contributed by atoms with Crippen LogP contribution in [-0.2, 0) is 4.79 Å². The van der Waals surface area contributed by atoms with Gasteiger partial charge in [-0.3, -0.25) is 4.79 Å². The summed E-state index contributed by atoms with van der Waals surface area (Å²) in [7, 11) is 0. The lowest BCUT2D eigenvalue weighted by atomic mass is 9.85. The minimum Gasteiger partial charge on any atom is -0.484 e. The van der Waals surface area contributed by atoms with Crippen molar-refractivity contribution in [1.29, 1.82) is 0 Å². The van der Waals surface area contributed by atoms with Crippen LogP contribution in [-0.4, -0.2) is 29.8 Å². The van der Waals surface area contributed by atoms with E-state index in [1.54, 1.807) is 12.1 Å². The smallest absolute Gasteiger partial charge is 0.258 e. The summed E-state index contributed by atoms with van der Waals surface area (Å²) in [6.45, 7) is 0.285. The number of rotatable bonds is 5. The number of halogens is 1. The van der Waals surface area contributed by atoms with Crippen molar-refractivity contribution < 1.29 is 14.6 Å². The highest BCUT2D eigenvalue weighted by atomic mass is 79.9. The molecule has 110 valence electrons. The number of hydrogen-bond donors (Lipinski definition) is 2. The highest BCUT2D eigenvalue weighted by Crippen LogP contribution is 2.27. The van der Waals surface area contributed by atoms with Crippen molar-refractivity contribution in [2.45, 2.75) is 37.7 Å². The van der Waals surface area contributed by atoms with Gasteiger partial charge in [0, 0.05) is 11.0 Å². The first kappa shape index (κ1) is 15.3. The monoisotopic (exact) mass is 341 g/mol. The Morgan fingerprint density at radius 2 is 1.90 bits per heavy atom. The number of carbonyl (C=O) groups is 1. The fraction of sp³-hybridized carbons (Fsp3) is 0.533. The van der Waals surface area contributed by atoms with Crippen LogP contribution in [0.5, 0.6) is 5.75 Å². The Balaban J connectivity index is 1.71. The minimum absolute atomic E-state index is 0.0300. The zero-order chi connectivity index (χ0) is 14.4. The lowest BCUT2D eigenvalue weighted by Crippen LogP contribution is -2.45.